The quantitative estimate of drug-likeness (QED) is 0.705. The molecule has 0 unspecified atom stereocenters. The number of aryl methyl sites for hydroxylation is 1. The summed E-state index contributed by atoms with van der Waals surface area (Å²) in [6, 6.07) is 12.2. The monoisotopic (exact) mass is 390 g/mol. The van der Waals surface area contributed by atoms with Crippen molar-refractivity contribution in [2.24, 2.45) is 0 Å². The van der Waals surface area contributed by atoms with E-state index in [1.54, 1.807) is 24.3 Å². The summed E-state index contributed by atoms with van der Waals surface area (Å²) in [5.41, 5.74) is 1.56. The lowest BCUT2D eigenvalue weighted by Crippen LogP contribution is -2.29. The van der Waals surface area contributed by atoms with E-state index in [9.17, 15) is 0 Å². The van der Waals surface area contributed by atoms with Crippen molar-refractivity contribution < 1.29 is 10.0 Å². The van der Waals surface area contributed by atoms with Crippen molar-refractivity contribution in [3.8, 4) is 0 Å². The fourth-order valence-electron chi connectivity index (χ4n) is 1.20. The molecule has 21 heavy (non-hydrogen) atoms. The van der Waals surface area contributed by atoms with Gasteiger partial charge in [-0.2, -0.15) is 0 Å². The van der Waals surface area contributed by atoms with Crippen LogP contribution in [-0.2, 0) is 0 Å². The largest absolute Gasteiger partial charge is 0.488 e. The highest BCUT2D eigenvalue weighted by Gasteiger charge is 2.08. The third-order valence-electron chi connectivity index (χ3n) is 2.30. The molecule has 0 saturated heterocycles. The zero-order valence-corrected chi connectivity index (χ0v) is 15.2. The molecule has 0 atom stereocenters. The van der Waals surface area contributed by atoms with Gasteiger partial charge in [0, 0.05) is 14.5 Å². The van der Waals surface area contributed by atoms with E-state index in [1.807, 2.05) is 39.0 Å². The number of hydrogen-bond acceptors (Lipinski definition) is 2. The van der Waals surface area contributed by atoms with Crippen molar-refractivity contribution in [3.63, 3.8) is 0 Å². The van der Waals surface area contributed by atoms with Crippen LogP contribution in [0.1, 0.15) is 19.4 Å². The third-order valence-corrected chi connectivity index (χ3v) is 3.45. The van der Waals surface area contributed by atoms with Crippen molar-refractivity contribution in [1.82, 2.24) is 0 Å². The minimum absolute atomic E-state index is 0.449. The molecule has 2 nitrogen and oxygen atoms in total. The van der Waals surface area contributed by atoms with Gasteiger partial charge in [0.1, 0.15) is 0 Å². The Morgan fingerprint density at radius 1 is 0.952 bits per heavy atom. The zero-order valence-electron chi connectivity index (χ0n) is 12.1. The van der Waals surface area contributed by atoms with Crippen LogP contribution in [0.5, 0.6) is 0 Å². The lowest BCUT2D eigenvalue weighted by Gasteiger charge is -1.96. The van der Waals surface area contributed by atoms with E-state index in [2.05, 4.69) is 15.9 Å². The molecule has 2 aromatic rings. The fourth-order valence-corrected chi connectivity index (χ4v) is 2.00. The first-order valence-electron chi connectivity index (χ1n) is 6.43. The molecule has 2 N–H and O–H groups in total. The van der Waals surface area contributed by atoms with Gasteiger partial charge >= 0.3 is 7.12 Å². The summed E-state index contributed by atoms with van der Waals surface area (Å²) in [4.78, 5) is 0. The Bertz CT molecular complexity index is 534. The van der Waals surface area contributed by atoms with E-state index in [-0.39, 0.29) is 0 Å². The highest BCUT2D eigenvalue weighted by Crippen LogP contribution is 2.19. The topological polar surface area (TPSA) is 40.5 Å². The second kappa shape index (κ2) is 11.1. The van der Waals surface area contributed by atoms with Crippen LogP contribution in [-0.4, -0.2) is 17.2 Å². The van der Waals surface area contributed by atoms with Crippen molar-refractivity contribution in [1.29, 1.82) is 0 Å². The molecule has 2 aromatic carbocycles. The summed E-state index contributed by atoms with van der Waals surface area (Å²) in [5, 5.41) is 18.7. The van der Waals surface area contributed by atoms with Gasteiger partial charge in [0.15, 0.2) is 0 Å². The Labute approximate surface area is 145 Å². The molecule has 2 rings (SSSR count). The summed E-state index contributed by atoms with van der Waals surface area (Å²) in [7, 11) is -1.41. The van der Waals surface area contributed by atoms with Crippen LogP contribution in [0.2, 0.25) is 10.0 Å². The lowest BCUT2D eigenvalue weighted by molar-refractivity contribution is 0.426. The predicted molar refractivity (Wildman–Crippen MR) is 96.5 cm³/mol. The highest BCUT2D eigenvalue weighted by molar-refractivity contribution is 9.10. The van der Waals surface area contributed by atoms with Crippen LogP contribution >= 0.6 is 39.1 Å². The van der Waals surface area contributed by atoms with E-state index >= 15 is 0 Å². The summed E-state index contributed by atoms with van der Waals surface area (Å²) >= 11 is 14.6. The molecular weight excluding hydrogens is 374 g/mol. The molecule has 0 amide bonds. The molecular formula is C15H18BBrCl2O2. The SMILES string of the molecule is CC.Cc1ccc(Br)cc1Cl.OB(O)c1ccc(Cl)cc1. The Morgan fingerprint density at radius 3 is 1.86 bits per heavy atom. The van der Waals surface area contributed by atoms with Gasteiger partial charge in [-0.3, -0.25) is 0 Å². The second-order valence-electron chi connectivity index (χ2n) is 3.82. The van der Waals surface area contributed by atoms with Gasteiger partial charge in [0.05, 0.1) is 0 Å². The average Bonchev–Trinajstić information content (AvgIpc) is 2.46. The fraction of sp³-hybridized carbons (Fsp3) is 0.200. The van der Waals surface area contributed by atoms with Crippen molar-refractivity contribution in [2.45, 2.75) is 20.8 Å². The van der Waals surface area contributed by atoms with E-state index < -0.39 is 7.12 Å². The van der Waals surface area contributed by atoms with Gasteiger partial charge in [0.25, 0.3) is 0 Å². The normalized spacial score (nSPS) is 8.95. The molecule has 114 valence electrons. The van der Waals surface area contributed by atoms with Crippen LogP contribution in [0.25, 0.3) is 0 Å². The van der Waals surface area contributed by atoms with E-state index in [1.165, 1.54) is 0 Å². The average molecular weight is 392 g/mol. The van der Waals surface area contributed by atoms with E-state index in [4.69, 9.17) is 33.2 Å². The summed E-state index contributed by atoms with van der Waals surface area (Å²) in [5.74, 6) is 0. The van der Waals surface area contributed by atoms with Gasteiger partial charge < -0.3 is 10.0 Å². The zero-order chi connectivity index (χ0) is 16.4. The number of benzene rings is 2. The molecule has 0 aromatic heterocycles. The molecule has 0 spiro atoms. The molecule has 0 saturated carbocycles. The van der Waals surface area contributed by atoms with Crippen LogP contribution < -0.4 is 5.46 Å². The van der Waals surface area contributed by atoms with Crippen molar-refractivity contribution >= 4 is 51.7 Å². The molecule has 0 heterocycles. The maximum absolute atomic E-state index is 8.63. The molecule has 0 radical (unpaired) electrons. The van der Waals surface area contributed by atoms with Gasteiger partial charge in [-0.25, -0.2) is 0 Å². The van der Waals surface area contributed by atoms with Crippen molar-refractivity contribution in [2.75, 3.05) is 0 Å². The number of halogens is 3. The molecule has 0 aliphatic heterocycles. The Morgan fingerprint density at radius 2 is 1.48 bits per heavy atom. The standard InChI is InChI=1S/C7H6BrCl.C6H6BClO2.C2H6/c1-5-2-3-6(8)4-7(5)9;8-6-3-1-5(2-4-6)7(9)10;1-2/h2-4H,1H3;1-4,9-10H;1-2H3. The maximum atomic E-state index is 8.63. The first-order chi connectivity index (χ1) is 9.90. The smallest absolute Gasteiger partial charge is 0.423 e. The molecule has 0 bridgehead atoms. The first kappa shape index (κ1) is 20.5. The molecule has 0 aliphatic carbocycles. The van der Waals surface area contributed by atoms with Gasteiger partial charge in [-0.1, -0.05) is 71.2 Å². The van der Waals surface area contributed by atoms with Crippen molar-refractivity contribution in [3.05, 3.63) is 62.5 Å². The lowest BCUT2D eigenvalue weighted by atomic mass is 9.81. The van der Waals surface area contributed by atoms with E-state index in [0.29, 0.717) is 10.5 Å². The summed E-state index contributed by atoms with van der Waals surface area (Å²) < 4.78 is 1.03. The minimum atomic E-state index is -1.41. The summed E-state index contributed by atoms with van der Waals surface area (Å²) in [6.45, 7) is 5.98. The minimum Gasteiger partial charge on any atom is -0.423 e. The summed E-state index contributed by atoms with van der Waals surface area (Å²) in [6.07, 6.45) is 0. The van der Waals surface area contributed by atoms with Gasteiger partial charge in [-0.05, 0) is 42.2 Å². The first-order valence-corrected chi connectivity index (χ1v) is 7.98. The van der Waals surface area contributed by atoms with Crippen LogP contribution in [0.3, 0.4) is 0 Å². The third kappa shape index (κ3) is 8.49. The number of hydrogen-bond donors (Lipinski definition) is 2. The van der Waals surface area contributed by atoms with E-state index in [0.717, 1.165) is 15.1 Å². The maximum Gasteiger partial charge on any atom is 0.488 e. The molecule has 6 heteroatoms. The van der Waals surface area contributed by atoms with Gasteiger partial charge in [-0.15, -0.1) is 0 Å². The van der Waals surface area contributed by atoms with Gasteiger partial charge in [0.2, 0.25) is 0 Å². The Balaban J connectivity index is 0.000000342. The van der Waals surface area contributed by atoms with Crippen LogP contribution in [0.15, 0.2) is 46.9 Å². The van der Waals surface area contributed by atoms with Crippen LogP contribution in [0.4, 0.5) is 0 Å². The Kier molecular flexibility index (Phi) is 10.8. The van der Waals surface area contributed by atoms with Crippen LogP contribution in [0, 0.1) is 6.92 Å². The Hall–Kier alpha value is -0.515. The number of rotatable bonds is 1. The highest BCUT2D eigenvalue weighted by atomic mass is 79.9. The second-order valence-corrected chi connectivity index (χ2v) is 5.58. The predicted octanol–water partition coefficient (Wildman–Crippen LogP) is 4.46. The molecule has 0 aliphatic rings. The molecule has 0 fully saturated rings.